The van der Waals surface area contributed by atoms with Crippen LogP contribution in [0.15, 0.2) is 76.3 Å². The van der Waals surface area contributed by atoms with Crippen LogP contribution in [0.5, 0.6) is 5.75 Å². The minimum atomic E-state index is 0. The molecular weight excluding hydrogens is 503 g/mol. The molecule has 0 unspecified atom stereocenters. The van der Waals surface area contributed by atoms with Crippen molar-refractivity contribution >= 4 is 29.9 Å². The van der Waals surface area contributed by atoms with Crippen molar-refractivity contribution in [3.8, 4) is 5.75 Å². The minimum absolute atomic E-state index is 0. The Morgan fingerprint density at radius 3 is 2.19 bits per heavy atom. The molecule has 0 amide bonds. The number of furan rings is 1. The molecule has 1 aromatic heterocycles. The summed E-state index contributed by atoms with van der Waals surface area (Å²) in [6.45, 7) is 2.94. The molecular formula is C24H31IN4O2. The number of benzene rings is 2. The van der Waals surface area contributed by atoms with Gasteiger partial charge in [-0.15, -0.1) is 24.0 Å². The first-order valence-electron chi connectivity index (χ1n) is 10.0. The van der Waals surface area contributed by atoms with Gasteiger partial charge in [0.2, 0.25) is 0 Å². The Labute approximate surface area is 201 Å². The van der Waals surface area contributed by atoms with E-state index in [9.17, 15) is 0 Å². The maximum atomic E-state index is 5.46. The predicted molar refractivity (Wildman–Crippen MR) is 136 cm³/mol. The molecule has 7 heteroatoms. The number of rotatable bonds is 9. The van der Waals surface area contributed by atoms with Crippen LogP contribution in [0.1, 0.15) is 22.5 Å². The molecule has 6 nitrogen and oxygen atoms in total. The van der Waals surface area contributed by atoms with Crippen molar-refractivity contribution in [1.82, 2.24) is 15.5 Å². The monoisotopic (exact) mass is 534 g/mol. The van der Waals surface area contributed by atoms with Crippen molar-refractivity contribution in [1.29, 1.82) is 0 Å². The number of methoxy groups -OCH3 is 1. The summed E-state index contributed by atoms with van der Waals surface area (Å²) >= 11 is 0. The number of halogens is 1. The molecule has 0 spiro atoms. The molecule has 3 aromatic rings. The topological polar surface area (TPSA) is 62.0 Å². The number of hydrogen-bond acceptors (Lipinski definition) is 4. The van der Waals surface area contributed by atoms with Crippen LogP contribution in [0.4, 0.5) is 0 Å². The van der Waals surface area contributed by atoms with Gasteiger partial charge in [0.25, 0.3) is 0 Å². The fourth-order valence-electron chi connectivity index (χ4n) is 3.33. The van der Waals surface area contributed by atoms with Crippen molar-refractivity contribution < 1.29 is 9.15 Å². The molecule has 3 rings (SSSR count). The van der Waals surface area contributed by atoms with Gasteiger partial charge in [-0.25, -0.2) is 0 Å². The SMILES string of the molecule is CN=C(NCc1ccccc1CN(C)Cc1ccco1)NCc1ccccc1OC.I. The first kappa shape index (κ1) is 24.7. The van der Waals surface area contributed by atoms with Gasteiger partial charge in [-0.05, 0) is 36.4 Å². The summed E-state index contributed by atoms with van der Waals surface area (Å²) < 4.78 is 10.9. The Balaban J connectivity index is 0.00000341. The number of para-hydroxylation sites is 1. The minimum Gasteiger partial charge on any atom is -0.496 e. The van der Waals surface area contributed by atoms with Gasteiger partial charge in [-0.3, -0.25) is 9.89 Å². The molecule has 0 fully saturated rings. The average Bonchev–Trinajstić information content (AvgIpc) is 3.28. The highest BCUT2D eigenvalue weighted by Gasteiger charge is 2.09. The highest BCUT2D eigenvalue weighted by molar-refractivity contribution is 14.0. The molecule has 0 aliphatic carbocycles. The van der Waals surface area contributed by atoms with Gasteiger partial charge in [0, 0.05) is 32.2 Å². The number of nitrogens with one attached hydrogen (secondary N) is 2. The van der Waals surface area contributed by atoms with E-state index in [4.69, 9.17) is 9.15 Å². The Morgan fingerprint density at radius 2 is 1.55 bits per heavy atom. The van der Waals surface area contributed by atoms with Gasteiger partial charge in [0.15, 0.2) is 5.96 Å². The van der Waals surface area contributed by atoms with E-state index in [1.54, 1.807) is 20.4 Å². The Hall–Kier alpha value is -2.52. The zero-order valence-electron chi connectivity index (χ0n) is 18.3. The second kappa shape index (κ2) is 13.0. The van der Waals surface area contributed by atoms with Gasteiger partial charge in [0.1, 0.15) is 11.5 Å². The van der Waals surface area contributed by atoms with Gasteiger partial charge < -0.3 is 19.8 Å². The number of guanidine groups is 1. The number of aliphatic imine (C=N–C) groups is 1. The summed E-state index contributed by atoms with van der Waals surface area (Å²) in [7, 11) is 5.56. The van der Waals surface area contributed by atoms with E-state index >= 15 is 0 Å². The summed E-state index contributed by atoms with van der Waals surface area (Å²) in [4.78, 5) is 6.59. The molecule has 0 atom stereocenters. The van der Waals surface area contributed by atoms with E-state index in [1.807, 2.05) is 36.4 Å². The van der Waals surface area contributed by atoms with Crippen molar-refractivity contribution in [3.05, 3.63) is 89.4 Å². The molecule has 0 bridgehead atoms. The van der Waals surface area contributed by atoms with E-state index in [2.05, 4.69) is 51.8 Å². The van der Waals surface area contributed by atoms with Crippen LogP contribution in [-0.2, 0) is 26.2 Å². The van der Waals surface area contributed by atoms with E-state index in [0.717, 1.165) is 36.1 Å². The average molecular weight is 534 g/mol. The van der Waals surface area contributed by atoms with E-state index in [1.165, 1.54) is 11.1 Å². The van der Waals surface area contributed by atoms with Crippen molar-refractivity contribution in [3.63, 3.8) is 0 Å². The van der Waals surface area contributed by atoms with Crippen molar-refractivity contribution in [2.75, 3.05) is 21.2 Å². The second-order valence-electron chi connectivity index (χ2n) is 7.11. The molecule has 0 saturated carbocycles. The quantitative estimate of drug-likeness (QED) is 0.242. The van der Waals surface area contributed by atoms with Crippen LogP contribution < -0.4 is 15.4 Å². The highest BCUT2D eigenvalue weighted by atomic mass is 127. The predicted octanol–water partition coefficient (Wildman–Crippen LogP) is 4.40. The molecule has 2 aromatic carbocycles. The largest absolute Gasteiger partial charge is 0.496 e. The molecule has 31 heavy (non-hydrogen) atoms. The number of ether oxygens (including phenoxy) is 1. The van der Waals surface area contributed by atoms with Crippen LogP contribution in [0.3, 0.4) is 0 Å². The molecule has 1 heterocycles. The lowest BCUT2D eigenvalue weighted by Crippen LogP contribution is -2.36. The molecule has 0 aliphatic rings. The van der Waals surface area contributed by atoms with Gasteiger partial charge >= 0.3 is 0 Å². The molecule has 0 aliphatic heterocycles. The summed E-state index contributed by atoms with van der Waals surface area (Å²) in [6.07, 6.45) is 1.71. The number of nitrogens with zero attached hydrogens (tertiary/aromatic N) is 2. The summed E-state index contributed by atoms with van der Waals surface area (Å²) in [5.74, 6) is 2.58. The highest BCUT2D eigenvalue weighted by Crippen LogP contribution is 2.17. The maximum Gasteiger partial charge on any atom is 0.191 e. The van der Waals surface area contributed by atoms with Gasteiger partial charge in [0.05, 0.1) is 19.9 Å². The smallest absolute Gasteiger partial charge is 0.191 e. The summed E-state index contributed by atoms with van der Waals surface area (Å²) in [6, 6.07) is 20.4. The van der Waals surface area contributed by atoms with E-state index < -0.39 is 0 Å². The number of hydrogen-bond donors (Lipinski definition) is 2. The molecule has 2 N–H and O–H groups in total. The Morgan fingerprint density at radius 1 is 0.903 bits per heavy atom. The zero-order chi connectivity index (χ0) is 21.2. The van der Waals surface area contributed by atoms with E-state index in [-0.39, 0.29) is 24.0 Å². The van der Waals surface area contributed by atoms with Gasteiger partial charge in [-0.1, -0.05) is 42.5 Å². The lowest BCUT2D eigenvalue weighted by atomic mass is 10.1. The van der Waals surface area contributed by atoms with Crippen LogP contribution in [0.25, 0.3) is 0 Å². The van der Waals surface area contributed by atoms with Crippen LogP contribution in [-0.4, -0.2) is 32.1 Å². The fraction of sp³-hybridized carbons (Fsp3) is 0.292. The van der Waals surface area contributed by atoms with E-state index in [0.29, 0.717) is 13.1 Å². The van der Waals surface area contributed by atoms with Crippen LogP contribution in [0.2, 0.25) is 0 Å². The van der Waals surface area contributed by atoms with Crippen molar-refractivity contribution in [2.45, 2.75) is 26.2 Å². The third-order valence-electron chi connectivity index (χ3n) is 4.87. The van der Waals surface area contributed by atoms with Crippen LogP contribution in [0, 0.1) is 0 Å². The lowest BCUT2D eigenvalue weighted by molar-refractivity contribution is 0.287. The first-order chi connectivity index (χ1) is 14.7. The van der Waals surface area contributed by atoms with Gasteiger partial charge in [-0.2, -0.15) is 0 Å². The fourth-order valence-corrected chi connectivity index (χ4v) is 3.33. The summed E-state index contributed by atoms with van der Waals surface area (Å²) in [5.41, 5.74) is 3.60. The molecule has 166 valence electrons. The zero-order valence-corrected chi connectivity index (χ0v) is 20.6. The Kier molecular flexibility index (Phi) is 10.4. The summed E-state index contributed by atoms with van der Waals surface area (Å²) in [5, 5.41) is 6.77. The normalized spacial score (nSPS) is 11.2. The molecule has 0 radical (unpaired) electrons. The third kappa shape index (κ3) is 7.59. The lowest BCUT2D eigenvalue weighted by Gasteiger charge is -2.19. The van der Waals surface area contributed by atoms with Crippen molar-refractivity contribution in [2.24, 2.45) is 4.99 Å². The maximum absolute atomic E-state index is 5.46. The van der Waals surface area contributed by atoms with Crippen LogP contribution >= 0.6 is 24.0 Å². The Bertz CT molecular complexity index is 944. The second-order valence-corrected chi connectivity index (χ2v) is 7.11. The first-order valence-corrected chi connectivity index (χ1v) is 10.0. The molecule has 0 saturated heterocycles. The third-order valence-corrected chi connectivity index (χ3v) is 4.87. The standard InChI is InChI=1S/C24H30N4O2.HI/c1-25-24(27-16-20-10-6-7-13-23(20)29-3)26-15-19-9-4-5-11-21(19)17-28(2)18-22-12-8-14-30-22;/h4-14H,15-18H2,1-3H3,(H2,25,26,27);1H.